The van der Waals surface area contributed by atoms with Crippen LogP contribution in [-0.4, -0.2) is 23.6 Å². The quantitative estimate of drug-likeness (QED) is 0.557. The number of halogens is 1. The Morgan fingerprint density at radius 3 is 2.73 bits per heavy atom. The zero-order valence-corrected chi connectivity index (χ0v) is 19.4. The number of fused-ring (bicyclic) bond motifs is 3. The summed E-state index contributed by atoms with van der Waals surface area (Å²) in [7, 11) is 0. The van der Waals surface area contributed by atoms with Gasteiger partial charge in [0.05, 0.1) is 5.92 Å². The van der Waals surface area contributed by atoms with E-state index in [2.05, 4.69) is 10.6 Å². The van der Waals surface area contributed by atoms with Crippen LogP contribution in [0.1, 0.15) is 39.9 Å². The second kappa shape index (κ2) is 8.69. The second-order valence-electron chi connectivity index (χ2n) is 8.34. The van der Waals surface area contributed by atoms with E-state index in [0.29, 0.717) is 23.6 Å². The fraction of sp³-hybridized carbons (Fsp3) is 0.192. The Balaban J connectivity index is 1.33. The van der Waals surface area contributed by atoms with Crippen molar-refractivity contribution in [1.82, 2.24) is 5.32 Å². The molecule has 2 atom stereocenters. The molecule has 0 bridgehead atoms. The number of carbonyl (C=O) groups is 3. The molecular formula is C26H21ClN2O3S. The molecule has 0 aliphatic carbocycles. The van der Waals surface area contributed by atoms with Crippen molar-refractivity contribution >= 4 is 46.6 Å². The van der Waals surface area contributed by atoms with E-state index in [1.807, 2.05) is 55.5 Å². The zero-order chi connectivity index (χ0) is 23.1. The van der Waals surface area contributed by atoms with Gasteiger partial charge in [0.25, 0.3) is 0 Å². The largest absolute Gasteiger partial charge is 0.343 e. The monoisotopic (exact) mass is 476 g/mol. The third kappa shape index (κ3) is 4.28. The first-order chi connectivity index (χ1) is 15.9. The van der Waals surface area contributed by atoms with Gasteiger partial charge in [-0.25, -0.2) is 0 Å². The highest BCUT2D eigenvalue weighted by Gasteiger charge is 2.30. The standard InChI is InChI=1S/C26H21ClN2O3S/c1-14(25(31)29-21-11-16-6-8-18(27)13-20(16)28-26(21)32)15-7-9-23-17(10-15)12-22(30)19-4-2-3-5-24(19)33-23/h2-10,13-14,21H,11-12H2,1H3,(H,28,32)(H,29,31). The molecule has 0 fully saturated rings. The number of Topliss-reactive ketones (excluding diaryl/α,β-unsaturated/α-hetero) is 1. The topological polar surface area (TPSA) is 75.3 Å². The van der Waals surface area contributed by atoms with Crippen LogP contribution in [0.15, 0.2) is 70.5 Å². The van der Waals surface area contributed by atoms with E-state index >= 15 is 0 Å². The van der Waals surface area contributed by atoms with Crippen LogP contribution in [0.3, 0.4) is 0 Å². The van der Waals surface area contributed by atoms with Crippen LogP contribution in [-0.2, 0) is 22.4 Å². The van der Waals surface area contributed by atoms with Gasteiger partial charge in [-0.3, -0.25) is 14.4 Å². The van der Waals surface area contributed by atoms with Crippen molar-refractivity contribution in [3.8, 4) is 0 Å². The minimum absolute atomic E-state index is 0.0729. The van der Waals surface area contributed by atoms with Gasteiger partial charge in [0.1, 0.15) is 6.04 Å². The SMILES string of the molecule is CC(C(=O)NC1Cc2ccc(Cl)cc2NC1=O)c1ccc2c(c1)CC(=O)c1ccccc1S2. The highest BCUT2D eigenvalue weighted by molar-refractivity contribution is 7.99. The first-order valence-electron chi connectivity index (χ1n) is 10.7. The minimum atomic E-state index is -0.652. The summed E-state index contributed by atoms with van der Waals surface area (Å²) in [6, 6.07) is 18.1. The normalized spacial score (nSPS) is 17.7. The molecule has 7 heteroatoms. The van der Waals surface area contributed by atoms with Crippen molar-refractivity contribution in [2.24, 2.45) is 0 Å². The highest BCUT2D eigenvalue weighted by atomic mass is 35.5. The lowest BCUT2D eigenvalue weighted by molar-refractivity contribution is -0.127. The Morgan fingerprint density at radius 2 is 1.88 bits per heavy atom. The molecule has 0 saturated carbocycles. The molecule has 2 N–H and O–H groups in total. The van der Waals surface area contributed by atoms with Crippen molar-refractivity contribution in [1.29, 1.82) is 0 Å². The third-order valence-electron chi connectivity index (χ3n) is 6.12. The Labute approximate surface area is 200 Å². The second-order valence-corrected chi connectivity index (χ2v) is 9.86. The third-order valence-corrected chi connectivity index (χ3v) is 7.55. The lowest BCUT2D eigenvalue weighted by Gasteiger charge is -2.26. The fourth-order valence-electron chi connectivity index (χ4n) is 4.22. The number of ketones is 1. The fourth-order valence-corrected chi connectivity index (χ4v) is 5.47. The number of rotatable bonds is 3. The molecule has 0 saturated heterocycles. The molecule has 0 spiro atoms. The molecule has 33 heavy (non-hydrogen) atoms. The summed E-state index contributed by atoms with van der Waals surface area (Å²) in [5.74, 6) is -0.889. The van der Waals surface area contributed by atoms with Crippen LogP contribution in [0, 0.1) is 0 Å². The lowest BCUT2D eigenvalue weighted by Crippen LogP contribution is -2.48. The molecule has 2 aliphatic rings. The minimum Gasteiger partial charge on any atom is -0.343 e. The van der Waals surface area contributed by atoms with Crippen LogP contribution < -0.4 is 10.6 Å². The Hall–Kier alpha value is -3.09. The number of hydrogen-bond acceptors (Lipinski definition) is 4. The van der Waals surface area contributed by atoms with E-state index in [0.717, 1.165) is 32.0 Å². The van der Waals surface area contributed by atoms with Gasteiger partial charge in [-0.15, -0.1) is 0 Å². The summed E-state index contributed by atoms with van der Waals surface area (Å²) in [6.07, 6.45) is 0.705. The van der Waals surface area contributed by atoms with Crippen LogP contribution in [0.4, 0.5) is 5.69 Å². The van der Waals surface area contributed by atoms with Gasteiger partial charge in [-0.2, -0.15) is 0 Å². The van der Waals surface area contributed by atoms with Crippen molar-refractivity contribution in [3.63, 3.8) is 0 Å². The van der Waals surface area contributed by atoms with E-state index in [9.17, 15) is 14.4 Å². The maximum absolute atomic E-state index is 13.0. The van der Waals surface area contributed by atoms with Gasteiger partial charge in [-0.1, -0.05) is 59.8 Å². The average molecular weight is 477 g/mol. The Kier molecular flexibility index (Phi) is 5.72. The molecule has 5 nitrogen and oxygen atoms in total. The van der Waals surface area contributed by atoms with E-state index in [4.69, 9.17) is 11.6 Å². The smallest absolute Gasteiger partial charge is 0.247 e. The maximum Gasteiger partial charge on any atom is 0.247 e. The molecule has 166 valence electrons. The molecule has 3 aromatic rings. The van der Waals surface area contributed by atoms with Crippen LogP contribution in [0.5, 0.6) is 0 Å². The van der Waals surface area contributed by atoms with E-state index in [-0.39, 0.29) is 17.6 Å². The van der Waals surface area contributed by atoms with E-state index in [1.54, 1.807) is 23.9 Å². The molecule has 3 aromatic carbocycles. The first kappa shape index (κ1) is 21.7. The average Bonchev–Trinajstić information content (AvgIpc) is 2.94. The molecule has 2 amide bonds. The molecule has 2 unspecified atom stereocenters. The molecule has 0 aromatic heterocycles. The summed E-state index contributed by atoms with van der Waals surface area (Å²) >= 11 is 7.58. The molecule has 0 radical (unpaired) electrons. The van der Waals surface area contributed by atoms with Crippen LogP contribution in [0.25, 0.3) is 0 Å². The van der Waals surface area contributed by atoms with Gasteiger partial charge in [0, 0.05) is 38.9 Å². The Morgan fingerprint density at radius 1 is 1.06 bits per heavy atom. The number of anilines is 1. The summed E-state index contributed by atoms with van der Waals surface area (Å²) < 4.78 is 0. The summed E-state index contributed by atoms with van der Waals surface area (Å²) in [6.45, 7) is 1.81. The number of carbonyl (C=O) groups excluding carboxylic acids is 3. The van der Waals surface area contributed by atoms with Crippen LogP contribution >= 0.6 is 23.4 Å². The number of nitrogens with one attached hydrogen (secondary N) is 2. The van der Waals surface area contributed by atoms with Gasteiger partial charge in [0.15, 0.2) is 5.78 Å². The predicted molar refractivity (Wildman–Crippen MR) is 129 cm³/mol. The molecule has 2 heterocycles. The molecular weight excluding hydrogens is 456 g/mol. The first-order valence-corrected chi connectivity index (χ1v) is 11.9. The number of benzene rings is 3. The maximum atomic E-state index is 13.0. The van der Waals surface area contributed by atoms with Gasteiger partial charge in [-0.05, 0) is 47.9 Å². The van der Waals surface area contributed by atoms with Crippen molar-refractivity contribution in [3.05, 3.63) is 87.9 Å². The Bertz CT molecular complexity index is 1310. The van der Waals surface area contributed by atoms with E-state index in [1.165, 1.54) is 0 Å². The summed E-state index contributed by atoms with van der Waals surface area (Å²) in [4.78, 5) is 40.3. The van der Waals surface area contributed by atoms with Gasteiger partial charge < -0.3 is 10.6 Å². The summed E-state index contributed by atoms with van der Waals surface area (Å²) in [5, 5.41) is 6.25. The van der Waals surface area contributed by atoms with Crippen molar-refractivity contribution in [2.75, 3.05) is 5.32 Å². The molecule has 2 aliphatic heterocycles. The van der Waals surface area contributed by atoms with E-state index < -0.39 is 12.0 Å². The van der Waals surface area contributed by atoms with Crippen LogP contribution in [0.2, 0.25) is 5.02 Å². The summed E-state index contributed by atoms with van der Waals surface area (Å²) in [5.41, 5.74) is 4.07. The molecule has 5 rings (SSSR count). The predicted octanol–water partition coefficient (Wildman–Crippen LogP) is 5.01. The van der Waals surface area contributed by atoms with Gasteiger partial charge in [0.2, 0.25) is 11.8 Å². The number of amides is 2. The van der Waals surface area contributed by atoms with Crippen molar-refractivity contribution < 1.29 is 14.4 Å². The van der Waals surface area contributed by atoms with Crippen molar-refractivity contribution in [2.45, 2.75) is 41.5 Å². The number of hydrogen-bond donors (Lipinski definition) is 2. The zero-order valence-electron chi connectivity index (χ0n) is 17.9. The lowest BCUT2D eigenvalue weighted by atomic mass is 9.94. The highest BCUT2D eigenvalue weighted by Crippen LogP contribution is 2.38. The van der Waals surface area contributed by atoms with Gasteiger partial charge >= 0.3 is 0 Å².